The van der Waals surface area contributed by atoms with Gasteiger partial charge in [-0.15, -0.1) is 0 Å². The molecule has 4 unspecified atom stereocenters. The van der Waals surface area contributed by atoms with Crippen LogP contribution in [-0.2, 0) is 18.9 Å². The van der Waals surface area contributed by atoms with E-state index in [2.05, 4.69) is 83.1 Å². The first-order valence-corrected chi connectivity index (χ1v) is 17.0. The van der Waals surface area contributed by atoms with Crippen molar-refractivity contribution in [2.45, 2.75) is 169 Å². The summed E-state index contributed by atoms with van der Waals surface area (Å²) < 4.78 is 25.7. The second kappa shape index (κ2) is 7.91. The Labute approximate surface area is 245 Å². The molecule has 0 N–H and O–H groups in total. The number of rotatable bonds is 0. The van der Waals surface area contributed by atoms with Crippen LogP contribution in [0, 0.1) is 57.2 Å². The molecule has 40 heavy (non-hydrogen) atoms. The highest BCUT2D eigenvalue weighted by Crippen LogP contribution is 2.76. The summed E-state index contributed by atoms with van der Waals surface area (Å²) in [5.74, 6) is 3.91. The lowest BCUT2D eigenvalue weighted by Crippen LogP contribution is -2.52. The predicted molar refractivity (Wildman–Crippen MR) is 159 cm³/mol. The van der Waals surface area contributed by atoms with Gasteiger partial charge in [-0.1, -0.05) is 41.5 Å². The van der Waals surface area contributed by atoms with Gasteiger partial charge in [-0.3, -0.25) is 0 Å². The summed E-state index contributed by atoms with van der Waals surface area (Å²) in [6.45, 7) is 28.0. The van der Waals surface area contributed by atoms with Crippen LogP contribution in [0.5, 0.6) is 0 Å². The van der Waals surface area contributed by atoms with Crippen molar-refractivity contribution in [3.63, 3.8) is 0 Å². The average molecular weight is 557 g/mol. The van der Waals surface area contributed by atoms with Crippen LogP contribution < -0.4 is 0 Å². The molecule has 12 atom stereocenters. The second-order valence-corrected chi connectivity index (χ2v) is 18.7. The number of hydrogen-bond acceptors (Lipinski definition) is 4. The fraction of sp³-hybridized carbons (Fsp3) is 1.00. The molecule has 4 bridgehead atoms. The highest BCUT2D eigenvalue weighted by molar-refractivity contribution is 5.23. The van der Waals surface area contributed by atoms with Crippen LogP contribution in [0.15, 0.2) is 0 Å². The monoisotopic (exact) mass is 556 g/mol. The molecule has 2 heterocycles. The smallest absolute Gasteiger partial charge is 0.164 e. The molecule has 0 aromatic heterocycles. The summed E-state index contributed by atoms with van der Waals surface area (Å²) in [7, 11) is 0. The van der Waals surface area contributed by atoms with E-state index in [-0.39, 0.29) is 11.2 Å². The molecule has 4 nitrogen and oxygen atoms in total. The molecule has 8 aliphatic rings. The molecule has 6 saturated carbocycles. The zero-order chi connectivity index (χ0) is 29.1. The first kappa shape index (κ1) is 28.6. The Morgan fingerprint density at radius 3 is 1.15 bits per heavy atom. The van der Waals surface area contributed by atoms with Gasteiger partial charge in [-0.25, -0.2) is 0 Å². The van der Waals surface area contributed by atoms with Gasteiger partial charge in [0.15, 0.2) is 11.6 Å². The second-order valence-electron chi connectivity index (χ2n) is 18.7. The Morgan fingerprint density at radius 2 is 0.800 bits per heavy atom. The summed E-state index contributed by atoms with van der Waals surface area (Å²) in [5, 5.41) is 0. The molecule has 228 valence electrons. The van der Waals surface area contributed by atoms with Gasteiger partial charge in [-0.05, 0) is 150 Å². The van der Waals surface area contributed by atoms with Crippen molar-refractivity contribution in [2.75, 3.05) is 0 Å². The molecule has 2 spiro atoms. The van der Waals surface area contributed by atoms with Gasteiger partial charge >= 0.3 is 0 Å². The van der Waals surface area contributed by atoms with Crippen molar-refractivity contribution in [2.24, 2.45) is 57.2 Å². The van der Waals surface area contributed by atoms with Gasteiger partial charge < -0.3 is 18.9 Å². The molecule has 0 radical (unpaired) electrons. The van der Waals surface area contributed by atoms with Gasteiger partial charge in [0.25, 0.3) is 0 Å². The maximum absolute atomic E-state index is 6.48. The average Bonchev–Trinajstić information content (AvgIpc) is 3.53. The van der Waals surface area contributed by atoms with Crippen molar-refractivity contribution in [3.05, 3.63) is 0 Å². The molecule has 2 saturated heterocycles. The predicted octanol–water partition coefficient (Wildman–Crippen LogP) is 8.76. The van der Waals surface area contributed by atoms with Crippen molar-refractivity contribution < 1.29 is 18.9 Å². The minimum Gasteiger partial charge on any atom is -0.344 e. The Bertz CT molecular complexity index is 993. The summed E-state index contributed by atoms with van der Waals surface area (Å²) in [4.78, 5) is 0. The normalized spacial score (nSPS) is 58.5. The Kier molecular flexibility index (Phi) is 5.66. The minimum absolute atomic E-state index is 0.0810. The molecule has 0 aromatic carbocycles. The third kappa shape index (κ3) is 3.35. The zero-order valence-corrected chi connectivity index (χ0v) is 27.9. The van der Waals surface area contributed by atoms with Gasteiger partial charge in [0.1, 0.15) is 0 Å². The van der Waals surface area contributed by atoms with E-state index in [1.807, 2.05) is 0 Å². The van der Waals surface area contributed by atoms with Crippen molar-refractivity contribution >= 4 is 0 Å². The van der Waals surface area contributed by atoms with Gasteiger partial charge in [0.05, 0.1) is 23.4 Å². The van der Waals surface area contributed by atoms with Crippen molar-refractivity contribution in [1.82, 2.24) is 0 Å². The molecule has 0 amide bonds. The van der Waals surface area contributed by atoms with Crippen LogP contribution in [0.4, 0.5) is 0 Å². The first-order valence-electron chi connectivity index (χ1n) is 17.0. The van der Waals surface area contributed by atoms with E-state index in [1.165, 1.54) is 51.4 Å². The third-order valence-corrected chi connectivity index (χ3v) is 15.5. The Balaban J connectivity index is 0.000000132. The third-order valence-electron chi connectivity index (χ3n) is 15.5. The maximum Gasteiger partial charge on any atom is 0.164 e. The molecule has 2 aliphatic heterocycles. The van der Waals surface area contributed by atoms with E-state index in [0.29, 0.717) is 45.7 Å². The van der Waals surface area contributed by atoms with Crippen LogP contribution in [0.2, 0.25) is 0 Å². The van der Waals surface area contributed by atoms with Crippen LogP contribution in [0.3, 0.4) is 0 Å². The SMILES string of the molecule is C[C@@H]1CC[C@H]2C(C)(C)[C@H]3C[C@@]12CC1OC(C)(C)OC13C.C[C@@H]1CC[C@H]2C(C)(C)[C@H]3C[C@@]12CC1OC(C)(C)OC13C. The molecule has 4 heteroatoms. The van der Waals surface area contributed by atoms with Crippen LogP contribution >= 0.6 is 0 Å². The molecular weight excluding hydrogens is 496 g/mol. The largest absolute Gasteiger partial charge is 0.344 e. The maximum atomic E-state index is 6.48. The van der Waals surface area contributed by atoms with E-state index < -0.39 is 11.6 Å². The van der Waals surface area contributed by atoms with Gasteiger partial charge in [-0.2, -0.15) is 0 Å². The van der Waals surface area contributed by atoms with E-state index >= 15 is 0 Å². The number of fused-ring (bicyclic) bond motifs is 6. The van der Waals surface area contributed by atoms with Gasteiger partial charge in [0.2, 0.25) is 0 Å². The van der Waals surface area contributed by atoms with Crippen LogP contribution in [0.25, 0.3) is 0 Å². The molecular formula is C36H60O4. The standard InChI is InChI=1S/2C18H30O2/c2*1-11-7-8-12-15(2,3)13-9-18(11,12)10-14-17(13,6)20-16(4,5)19-14/h2*11-14H,7-10H2,1-6H3/t2*11-,12+,13-,14?,17?,18-/m11/s1. The molecule has 8 rings (SSSR count). The van der Waals surface area contributed by atoms with Crippen molar-refractivity contribution in [1.29, 1.82) is 0 Å². The fourth-order valence-corrected chi connectivity index (χ4v) is 14.0. The topological polar surface area (TPSA) is 36.9 Å². The van der Waals surface area contributed by atoms with Gasteiger partial charge in [0, 0.05) is 0 Å². The fourth-order valence-electron chi connectivity index (χ4n) is 14.0. The van der Waals surface area contributed by atoms with Crippen LogP contribution in [0.1, 0.15) is 134 Å². The number of ether oxygens (including phenoxy) is 4. The van der Waals surface area contributed by atoms with E-state index in [4.69, 9.17) is 18.9 Å². The minimum atomic E-state index is -0.409. The highest BCUT2D eigenvalue weighted by Gasteiger charge is 2.75. The van der Waals surface area contributed by atoms with E-state index in [9.17, 15) is 0 Å². The molecule has 6 aliphatic carbocycles. The summed E-state index contributed by atoms with van der Waals surface area (Å²) in [5.41, 5.74) is 1.67. The zero-order valence-electron chi connectivity index (χ0n) is 27.9. The molecule has 0 aromatic rings. The summed E-state index contributed by atoms with van der Waals surface area (Å²) in [6.07, 6.45) is 11.4. The lowest BCUT2D eigenvalue weighted by atomic mass is 9.63. The first-order chi connectivity index (χ1) is 18.2. The lowest BCUT2D eigenvalue weighted by Gasteiger charge is -2.47. The Hall–Kier alpha value is -0.160. The van der Waals surface area contributed by atoms with E-state index in [0.717, 1.165) is 23.7 Å². The number of hydrogen-bond donors (Lipinski definition) is 0. The van der Waals surface area contributed by atoms with Crippen LogP contribution in [-0.4, -0.2) is 35.0 Å². The molecule has 8 fully saturated rings. The lowest BCUT2D eigenvalue weighted by molar-refractivity contribution is -0.177. The van der Waals surface area contributed by atoms with Crippen molar-refractivity contribution in [3.8, 4) is 0 Å². The highest BCUT2D eigenvalue weighted by atomic mass is 16.8. The quantitative estimate of drug-likeness (QED) is 0.299. The summed E-state index contributed by atoms with van der Waals surface area (Å²) in [6, 6.07) is 0. The Morgan fingerprint density at radius 1 is 0.450 bits per heavy atom. The van der Waals surface area contributed by atoms with E-state index in [1.54, 1.807) is 0 Å². The summed E-state index contributed by atoms with van der Waals surface area (Å²) >= 11 is 0.